The van der Waals surface area contributed by atoms with Crippen LogP contribution in [-0.2, 0) is 19.9 Å². The van der Waals surface area contributed by atoms with E-state index < -0.39 is 17.4 Å². The van der Waals surface area contributed by atoms with Crippen LogP contribution in [0.3, 0.4) is 0 Å². The Morgan fingerprint density at radius 1 is 1.20 bits per heavy atom. The van der Waals surface area contributed by atoms with Crippen LogP contribution in [-0.4, -0.2) is 35.2 Å². The third-order valence-electron chi connectivity index (χ3n) is 5.93. The normalized spacial score (nSPS) is 33.2. The van der Waals surface area contributed by atoms with Crippen molar-refractivity contribution in [3.8, 4) is 0 Å². The van der Waals surface area contributed by atoms with Crippen molar-refractivity contribution in [3.63, 3.8) is 0 Å². The van der Waals surface area contributed by atoms with Gasteiger partial charge in [-0.15, -0.1) is 0 Å². The Bertz CT molecular complexity index is 790. The maximum Gasteiger partial charge on any atom is 0.250 e. The molecule has 25 heavy (non-hydrogen) atoms. The van der Waals surface area contributed by atoms with E-state index in [2.05, 4.69) is 10.6 Å². The second-order valence-electron chi connectivity index (χ2n) is 7.38. The Morgan fingerprint density at radius 2 is 1.96 bits per heavy atom. The molecule has 6 heteroatoms. The standard InChI is InChI=1S/C19H23N3O3/c1-4-5-9-22-16(23)13-11(3)21-19(14(13)17(22)24)12-8-6-7-10(2)15(12)20-18(19)25/h6-8,11,13-14,21H,4-5,9H2,1-3H3,(H,20,25)/t11-,13+,14+,19+/m0/s1. The van der Waals surface area contributed by atoms with Crippen molar-refractivity contribution in [2.24, 2.45) is 11.8 Å². The van der Waals surface area contributed by atoms with Crippen LogP contribution in [0.4, 0.5) is 5.69 Å². The fourth-order valence-electron chi connectivity index (χ4n) is 4.73. The van der Waals surface area contributed by atoms with Gasteiger partial charge in [-0.2, -0.15) is 0 Å². The van der Waals surface area contributed by atoms with Crippen molar-refractivity contribution in [2.45, 2.75) is 45.2 Å². The minimum absolute atomic E-state index is 0.144. The second kappa shape index (κ2) is 5.39. The summed E-state index contributed by atoms with van der Waals surface area (Å²) in [5, 5.41) is 6.26. The van der Waals surface area contributed by atoms with Gasteiger partial charge in [-0.1, -0.05) is 31.5 Å². The number of imide groups is 1. The number of nitrogens with one attached hydrogen (secondary N) is 2. The molecule has 0 aliphatic carbocycles. The van der Waals surface area contributed by atoms with Crippen molar-refractivity contribution in [3.05, 3.63) is 29.3 Å². The molecule has 4 rings (SSSR count). The zero-order valence-corrected chi connectivity index (χ0v) is 14.8. The number of para-hydroxylation sites is 1. The van der Waals surface area contributed by atoms with Gasteiger partial charge >= 0.3 is 0 Å². The fourth-order valence-corrected chi connectivity index (χ4v) is 4.73. The number of hydrogen-bond acceptors (Lipinski definition) is 4. The fraction of sp³-hybridized carbons (Fsp3) is 0.526. The number of fused-ring (bicyclic) bond motifs is 4. The summed E-state index contributed by atoms with van der Waals surface area (Å²) >= 11 is 0. The molecule has 0 aromatic heterocycles. The summed E-state index contributed by atoms with van der Waals surface area (Å²) in [5.41, 5.74) is 1.37. The zero-order chi connectivity index (χ0) is 17.9. The first kappa shape index (κ1) is 16.3. The first-order chi connectivity index (χ1) is 11.9. The van der Waals surface area contributed by atoms with E-state index in [4.69, 9.17) is 0 Å². The van der Waals surface area contributed by atoms with E-state index in [1.807, 2.05) is 39.0 Å². The summed E-state index contributed by atoms with van der Waals surface area (Å²) in [6.07, 6.45) is 1.70. The predicted octanol–water partition coefficient (Wildman–Crippen LogP) is 1.54. The summed E-state index contributed by atoms with van der Waals surface area (Å²) < 4.78 is 0. The van der Waals surface area contributed by atoms with Crippen molar-refractivity contribution in [1.29, 1.82) is 0 Å². The molecule has 3 amide bonds. The maximum absolute atomic E-state index is 13.1. The van der Waals surface area contributed by atoms with Crippen LogP contribution >= 0.6 is 0 Å². The van der Waals surface area contributed by atoms with Gasteiger partial charge in [-0.25, -0.2) is 0 Å². The Balaban J connectivity index is 1.84. The number of nitrogens with zero attached hydrogens (tertiary/aromatic N) is 1. The molecule has 2 N–H and O–H groups in total. The van der Waals surface area contributed by atoms with Crippen molar-refractivity contribution in [2.75, 3.05) is 11.9 Å². The summed E-state index contributed by atoms with van der Waals surface area (Å²) in [5.74, 6) is -1.75. The van der Waals surface area contributed by atoms with Gasteiger partial charge < -0.3 is 5.32 Å². The average molecular weight is 341 g/mol. The smallest absolute Gasteiger partial charge is 0.250 e. The van der Waals surface area contributed by atoms with E-state index in [1.54, 1.807) is 0 Å². The lowest BCUT2D eigenvalue weighted by Crippen LogP contribution is -2.52. The van der Waals surface area contributed by atoms with Crippen molar-refractivity contribution in [1.82, 2.24) is 10.2 Å². The van der Waals surface area contributed by atoms with E-state index in [-0.39, 0.29) is 23.8 Å². The van der Waals surface area contributed by atoms with Gasteiger partial charge in [0.25, 0.3) is 0 Å². The van der Waals surface area contributed by atoms with E-state index in [0.717, 1.165) is 29.7 Å². The lowest BCUT2D eigenvalue weighted by Gasteiger charge is -2.29. The molecule has 3 heterocycles. The Labute approximate surface area is 147 Å². The molecule has 1 aromatic rings. The number of aryl methyl sites for hydroxylation is 1. The highest BCUT2D eigenvalue weighted by Crippen LogP contribution is 2.53. The molecular weight excluding hydrogens is 318 g/mol. The molecule has 1 spiro atoms. The highest BCUT2D eigenvalue weighted by atomic mass is 16.2. The average Bonchev–Trinajstić information content (AvgIpc) is 3.13. The van der Waals surface area contributed by atoms with E-state index in [0.29, 0.717) is 6.54 Å². The summed E-state index contributed by atoms with van der Waals surface area (Å²) in [7, 11) is 0. The molecule has 3 aliphatic rings. The number of amides is 3. The molecule has 4 atom stereocenters. The van der Waals surface area contributed by atoms with Crippen molar-refractivity contribution < 1.29 is 14.4 Å². The van der Waals surface area contributed by atoms with Gasteiger partial charge in [0.2, 0.25) is 17.7 Å². The molecule has 2 fully saturated rings. The molecule has 0 bridgehead atoms. The Morgan fingerprint density at radius 3 is 2.68 bits per heavy atom. The second-order valence-corrected chi connectivity index (χ2v) is 7.38. The van der Waals surface area contributed by atoms with Crippen LogP contribution in [0.2, 0.25) is 0 Å². The first-order valence-electron chi connectivity index (χ1n) is 8.98. The Hall–Kier alpha value is -2.21. The lowest BCUT2D eigenvalue weighted by molar-refractivity contribution is -0.142. The predicted molar refractivity (Wildman–Crippen MR) is 92.7 cm³/mol. The number of benzene rings is 1. The monoisotopic (exact) mass is 341 g/mol. The van der Waals surface area contributed by atoms with Crippen LogP contribution in [0.1, 0.15) is 37.8 Å². The summed E-state index contributed by atoms with van der Waals surface area (Å²) in [4.78, 5) is 40.4. The number of carbonyl (C=O) groups excluding carboxylic acids is 3. The topological polar surface area (TPSA) is 78.5 Å². The molecule has 0 radical (unpaired) electrons. The largest absolute Gasteiger partial charge is 0.324 e. The number of anilines is 1. The van der Waals surface area contributed by atoms with Crippen LogP contribution in [0, 0.1) is 18.8 Å². The highest BCUT2D eigenvalue weighted by molar-refractivity contribution is 6.15. The maximum atomic E-state index is 13.1. The van der Waals surface area contributed by atoms with E-state index >= 15 is 0 Å². The first-order valence-corrected chi connectivity index (χ1v) is 8.98. The minimum atomic E-state index is -1.14. The molecular formula is C19H23N3O3. The van der Waals surface area contributed by atoms with Crippen LogP contribution in [0.25, 0.3) is 0 Å². The van der Waals surface area contributed by atoms with Gasteiger partial charge in [-0.05, 0) is 25.8 Å². The summed E-state index contributed by atoms with van der Waals surface area (Å²) in [6, 6.07) is 5.48. The molecule has 3 aliphatic heterocycles. The van der Waals surface area contributed by atoms with Gasteiger partial charge in [0.15, 0.2) is 0 Å². The number of unbranched alkanes of at least 4 members (excludes halogenated alkanes) is 1. The number of likely N-dealkylation sites (tertiary alicyclic amines) is 1. The van der Waals surface area contributed by atoms with Gasteiger partial charge in [-0.3, -0.25) is 24.6 Å². The number of carbonyl (C=O) groups is 3. The molecule has 0 unspecified atom stereocenters. The number of hydrogen-bond donors (Lipinski definition) is 2. The lowest BCUT2D eigenvalue weighted by atomic mass is 9.76. The Kier molecular flexibility index (Phi) is 3.51. The quantitative estimate of drug-likeness (QED) is 0.818. The highest BCUT2D eigenvalue weighted by Gasteiger charge is 2.69. The third-order valence-corrected chi connectivity index (χ3v) is 5.93. The van der Waals surface area contributed by atoms with Crippen molar-refractivity contribution >= 4 is 23.4 Å². The van der Waals surface area contributed by atoms with Crippen LogP contribution in [0.15, 0.2) is 18.2 Å². The van der Waals surface area contributed by atoms with E-state index in [9.17, 15) is 14.4 Å². The third kappa shape index (κ3) is 1.91. The molecule has 0 saturated carbocycles. The minimum Gasteiger partial charge on any atom is -0.324 e. The van der Waals surface area contributed by atoms with Crippen LogP contribution < -0.4 is 10.6 Å². The molecule has 1 aromatic carbocycles. The van der Waals surface area contributed by atoms with Gasteiger partial charge in [0.05, 0.1) is 11.8 Å². The molecule has 2 saturated heterocycles. The van der Waals surface area contributed by atoms with E-state index in [1.165, 1.54) is 4.90 Å². The van der Waals surface area contributed by atoms with Crippen LogP contribution in [0.5, 0.6) is 0 Å². The zero-order valence-electron chi connectivity index (χ0n) is 14.8. The molecule has 132 valence electrons. The molecule has 6 nitrogen and oxygen atoms in total. The summed E-state index contributed by atoms with van der Waals surface area (Å²) in [6.45, 7) is 6.29. The van der Waals surface area contributed by atoms with Gasteiger partial charge in [0, 0.05) is 23.8 Å². The number of rotatable bonds is 3. The SMILES string of the molecule is CCCCN1C(=O)[C@@H]2[C@H](C)N[C@@]3(C(=O)Nc4c(C)cccc43)[C@H]2C1=O. The van der Waals surface area contributed by atoms with Gasteiger partial charge in [0.1, 0.15) is 5.54 Å².